The van der Waals surface area contributed by atoms with E-state index in [9.17, 15) is 9.18 Å². The highest BCUT2D eigenvalue weighted by atomic mass is 79.9. The summed E-state index contributed by atoms with van der Waals surface area (Å²) in [5.74, 6) is 1.38. The standard InChI is InChI=1S/C28H30BrFN6O/c1-3-4-10-24-31-26(25-19(2)33-36(27(25)32-24)21-13-11-20(30)12-14-21)34-15-7-16-35(18-17-34)28(37)22-8-5-6-9-23(22)29/h5-6,8-9,11-14H,3-4,7,10,15-18H2,1-2H3. The average molecular weight is 565 g/mol. The van der Waals surface area contributed by atoms with Crippen LogP contribution in [-0.2, 0) is 6.42 Å². The molecule has 192 valence electrons. The molecule has 0 bridgehead atoms. The fourth-order valence-corrected chi connectivity index (χ4v) is 5.24. The number of carbonyl (C=O) groups excluding carboxylic acids is 1. The first-order chi connectivity index (χ1) is 18.0. The Labute approximate surface area is 224 Å². The van der Waals surface area contributed by atoms with Gasteiger partial charge in [-0.05, 0) is 72.1 Å². The van der Waals surface area contributed by atoms with E-state index in [2.05, 4.69) is 27.8 Å². The Morgan fingerprint density at radius 2 is 1.81 bits per heavy atom. The predicted molar refractivity (Wildman–Crippen MR) is 147 cm³/mol. The van der Waals surface area contributed by atoms with Crippen molar-refractivity contribution in [2.75, 3.05) is 31.1 Å². The molecule has 0 atom stereocenters. The molecular weight excluding hydrogens is 535 g/mol. The second-order valence-corrected chi connectivity index (χ2v) is 10.2. The third-order valence-electron chi connectivity index (χ3n) is 6.74. The first-order valence-electron chi connectivity index (χ1n) is 12.8. The average Bonchev–Trinajstić information content (AvgIpc) is 3.07. The number of aryl methyl sites for hydroxylation is 2. The molecule has 2 aromatic heterocycles. The number of unbranched alkanes of at least 4 members (excludes halogenated alkanes) is 1. The summed E-state index contributed by atoms with van der Waals surface area (Å²) in [5.41, 5.74) is 2.98. The van der Waals surface area contributed by atoms with Gasteiger partial charge in [-0.15, -0.1) is 0 Å². The molecule has 3 heterocycles. The third kappa shape index (κ3) is 5.23. The van der Waals surface area contributed by atoms with E-state index in [0.717, 1.165) is 70.8 Å². The number of rotatable bonds is 6. The maximum atomic E-state index is 13.6. The Hall–Kier alpha value is -3.33. The minimum atomic E-state index is -0.290. The van der Waals surface area contributed by atoms with Crippen LogP contribution in [0.25, 0.3) is 16.7 Å². The van der Waals surface area contributed by atoms with Crippen LogP contribution in [0.1, 0.15) is 48.1 Å². The van der Waals surface area contributed by atoms with Gasteiger partial charge in [0, 0.05) is 37.1 Å². The third-order valence-corrected chi connectivity index (χ3v) is 7.43. The first-order valence-corrected chi connectivity index (χ1v) is 13.6. The molecule has 2 aromatic carbocycles. The van der Waals surface area contributed by atoms with Gasteiger partial charge in [-0.1, -0.05) is 25.5 Å². The Morgan fingerprint density at radius 3 is 2.57 bits per heavy atom. The van der Waals surface area contributed by atoms with E-state index < -0.39 is 0 Å². The van der Waals surface area contributed by atoms with Crippen LogP contribution < -0.4 is 4.90 Å². The molecule has 9 heteroatoms. The summed E-state index contributed by atoms with van der Waals surface area (Å²) in [6.45, 7) is 6.83. The molecule has 1 aliphatic heterocycles. The monoisotopic (exact) mass is 564 g/mol. The summed E-state index contributed by atoms with van der Waals surface area (Å²) in [5, 5.41) is 5.68. The van der Waals surface area contributed by atoms with Crippen molar-refractivity contribution in [3.63, 3.8) is 0 Å². The number of benzene rings is 2. The van der Waals surface area contributed by atoms with Crippen molar-refractivity contribution < 1.29 is 9.18 Å². The van der Waals surface area contributed by atoms with Gasteiger partial charge in [0.2, 0.25) is 0 Å². The van der Waals surface area contributed by atoms with Crippen molar-refractivity contribution >= 4 is 38.7 Å². The number of anilines is 1. The number of halogens is 2. The number of nitrogens with zero attached hydrogens (tertiary/aromatic N) is 6. The Kier molecular flexibility index (Phi) is 7.50. The van der Waals surface area contributed by atoms with Gasteiger partial charge in [-0.2, -0.15) is 5.10 Å². The molecule has 0 unspecified atom stereocenters. The minimum absolute atomic E-state index is 0.0334. The van der Waals surface area contributed by atoms with Crippen molar-refractivity contribution in [2.24, 2.45) is 0 Å². The lowest BCUT2D eigenvalue weighted by Crippen LogP contribution is -2.35. The summed E-state index contributed by atoms with van der Waals surface area (Å²) in [7, 11) is 0. The number of carbonyl (C=O) groups is 1. The molecule has 0 N–H and O–H groups in total. The number of hydrogen-bond acceptors (Lipinski definition) is 5. The summed E-state index contributed by atoms with van der Waals surface area (Å²) >= 11 is 3.52. The van der Waals surface area contributed by atoms with Gasteiger partial charge >= 0.3 is 0 Å². The highest BCUT2D eigenvalue weighted by Gasteiger charge is 2.26. The van der Waals surface area contributed by atoms with Gasteiger partial charge < -0.3 is 9.80 Å². The van der Waals surface area contributed by atoms with E-state index in [1.54, 1.807) is 16.8 Å². The van der Waals surface area contributed by atoms with E-state index in [1.165, 1.54) is 12.1 Å². The normalized spacial score (nSPS) is 14.3. The Balaban J connectivity index is 1.50. The molecule has 0 aliphatic carbocycles. The van der Waals surface area contributed by atoms with Gasteiger partial charge in [-0.3, -0.25) is 4.79 Å². The van der Waals surface area contributed by atoms with Crippen LogP contribution in [0.5, 0.6) is 0 Å². The second kappa shape index (κ2) is 11.0. The zero-order valence-corrected chi connectivity index (χ0v) is 22.7. The fraction of sp³-hybridized carbons (Fsp3) is 0.357. The number of fused-ring (bicyclic) bond motifs is 1. The van der Waals surface area contributed by atoms with Crippen LogP contribution in [0.4, 0.5) is 10.2 Å². The molecule has 4 aromatic rings. The molecule has 7 nitrogen and oxygen atoms in total. The van der Waals surface area contributed by atoms with E-state index >= 15 is 0 Å². The highest BCUT2D eigenvalue weighted by molar-refractivity contribution is 9.10. The smallest absolute Gasteiger partial charge is 0.255 e. The number of aromatic nitrogens is 4. The molecule has 1 saturated heterocycles. The van der Waals surface area contributed by atoms with Gasteiger partial charge in [0.05, 0.1) is 22.3 Å². The largest absolute Gasteiger partial charge is 0.354 e. The topological polar surface area (TPSA) is 67.2 Å². The van der Waals surface area contributed by atoms with Crippen molar-refractivity contribution in [2.45, 2.75) is 39.5 Å². The van der Waals surface area contributed by atoms with Crippen molar-refractivity contribution in [3.8, 4) is 5.69 Å². The van der Waals surface area contributed by atoms with E-state index in [0.29, 0.717) is 25.2 Å². The SMILES string of the molecule is CCCCc1nc(N2CCCN(C(=O)c3ccccc3Br)CC2)c2c(C)nn(-c3ccc(F)cc3)c2n1. The molecule has 5 rings (SSSR count). The lowest BCUT2D eigenvalue weighted by atomic mass is 10.2. The molecule has 37 heavy (non-hydrogen) atoms. The van der Waals surface area contributed by atoms with E-state index in [1.807, 2.05) is 36.1 Å². The first kappa shape index (κ1) is 25.3. The number of amides is 1. The maximum absolute atomic E-state index is 13.6. The molecule has 0 spiro atoms. The Morgan fingerprint density at radius 1 is 1.03 bits per heavy atom. The van der Waals surface area contributed by atoms with Crippen LogP contribution in [0.15, 0.2) is 53.0 Å². The van der Waals surface area contributed by atoms with Crippen molar-refractivity contribution in [1.82, 2.24) is 24.6 Å². The lowest BCUT2D eigenvalue weighted by molar-refractivity contribution is 0.0766. The van der Waals surface area contributed by atoms with Gasteiger partial charge in [0.25, 0.3) is 5.91 Å². The fourth-order valence-electron chi connectivity index (χ4n) is 4.78. The Bertz CT molecular complexity index is 1420. The maximum Gasteiger partial charge on any atom is 0.255 e. The molecular formula is C28H30BrFN6O. The van der Waals surface area contributed by atoms with E-state index in [4.69, 9.17) is 15.1 Å². The zero-order chi connectivity index (χ0) is 25.9. The molecule has 0 radical (unpaired) electrons. The summed E-state index contributed by atoms with van der Waals surface area (Å²) < 4.78 is 16.2. The van der Waals surface area contributed by atoms with Gasteiger partial charge in [0.15, 0.2) is 5.65 Å². The van der Waals surface area contributed by atoms with E-state index in [-0.39, 0.29) is 11.7 Å². The summed E-state index contributed by atoms with van der Waals surface area (Å²) in [6.07, 6.45) is 3.64. The second-order valence-electron chi connectivity index (χ2n) is 9.35. The van der Waals surface area contributed by atoms with Crippen molar-refractivity contribution in [1.29, 1.82) is 0 Å². The zero-order valence-electron chi connectivity index (χ0n) is 21.1. The van der Waals surface area contributed by atoms with Crippen LogP contribution >= 0.6 is 15.9 Å². The van der Waals surface area contributed by atoms with Crippen LogP contribution in [0.2, 0.25) is 0 Å². The quantitative estimate of drug-likeness (QED) is 0.299. The molecule has 1 amide bonds. The molecule has 0 saturated carbocycles. The van der Waals surface area contributed by atoms with Crippen LogP contribution in [0, 0.1) is 12.7 Å². The minimum Gasteiger partial charge on any atom is -0.354 e. The van der Waals surface area contributed by atoms with Gasteiger partial charge in [0.1, 0.15) is 17.5 Å². The highest BCUT2D eigenvalue weighted by Crippen LogP contribution is 2.30. The van der Waals surface area contributed by atoms with Gasteiger partial charge in [-0.25, -0.2) is 19.0 Å². The molecule has 1 fully saturated rings. The summed E-state index contributed by atoms with van der Waals surface area (Å²) in [4.78, 5) is 27.4. The molecule has 1 aliphatic rings. The predicted octanol–water partition coefficient (Wildman–Crippen LogP) is 5.72. The van der Waals surface area contributed by atoms with Crippen LogP contribution in [-0.4, -0.2) is 56.7 Å². The van der Waals surface area contributed by atoms with Crippen molar-refractivity contribution in [3.05, 3.63) is 75.9 Å². The lowest BCUT2D eigenvalue weighted by Gasteiger charge is -2.24. The summed E-state index contributed by atoms with van der Waals surface area (Å²) in [6, 6.07) is 13.9. The number of hydrogen-bond donors (Lipinski definition) is 0. The van der Waals surface area contributed by atoms with Crippen LogP contribution in [0.3, 0.4) is 0 Å².